The van der Waals surface area contributed by atoms with Gasteiger partial charge >= 0.3 is 5.97 Å². The number of aliphatic carboxylic acids is 1. The van der Waals surface area contributed by atoms with Gasteiger partial charge in [-0.25, -0.2) is 4.79 Å². The highest BCUT2D eigenvalue weighted by Gasteiger charge is 2.31. The number of nitrogens with one attached hydrogen (secondary N) is 3. The molecule has 0 bridgehead atoms. The molecule has 9 N–H and O–H groups in total. The maximum atomic E-state index is 12.8. The maximum absolute atomic E-state index is 12.8. The van der Waals surface area contributed by atoms with Crippen LogP contribution in [0.2, 0.25) is 0 Å². The van der Waals surface area contributed by atoms with Gasteiger partial charge in [-0.05, 0) is 51.2 Å². The number of carboxylic acid groups (broad SMARTS) is 1. The Kier molecular flexibility index (Phi) is 15.3. The lowest BCUT2D eigenvalue weighted by Gasteiger charge is -2.25. The number of rotatable bonds is 16. The molecular weight excluding hydrogens is 446 g/mol. The standard InChI is InChI=1S/C18H35N5O6S2/c1-10(24)14(18(28)29)23-17(27)13(9-30)22-16(26)12(5-3-4-7-19)21-15(25)11(20)6-8-31-2/h10-14,24,30H,3-9,19-20H2,1-2H3,(H,21,25)(H,22,26)(H,23,27)(H,28,29). The number of hydrogen-bond acceptors (Lipinski definition) is 9. The zero-order chi connectivity index (χ0) is 24.0. The first-order chi connectivity index (χ1) is 14.6. The van der Waals surface area contributed by atoms with Gasteiger partial charge < -0.3 is 37.6 Å². The summed E-state index contributed by atoms with van der Waals surface area (Å²) in [6, 6.07) is -4.43. The van der Waals surface area contributed by atoms with Crippen LogP contribution in [0.5, 0.6) is 0 Å². The largest absolute Gasteiger partial charge is 0.480 e. The fraction of sp³-hybridized carbons (Fsp3) is 0.778. The van der Waals surface area contributed by atoms with E-state index in [0.717, 1.165) is 0 Å². The molecule has 0 aromatic carbocycles. The Morgan fingerprint density at radius 1 is 1.00 bits per heavy atom. The van der Waals surface area contributed by atoms with E-state index < -0.39 is 54.0 Å². The number of thioether (sulfide) groups is 1. The van der Waals surface area contributed by atoms with Crippen LogP contribution in [0, 0.1) is 0 Å². The molecular formula is C18H35N5O6S2. The van der Waals surface area contributed by atoms with E-state index in [0.29, 0.717) is 31.6 Å². The summed E-state index contributed by atoms with van der Waals surface area (Å²) in [7, 11) is 0. The molecule has 13 heteroatoms. The van der Waals surface area contributed by atoms with E-state index in [1.165, 1.54) is 6.92 Å². The lowest BCUT2D eigenvalue weighted by molar-refractivity contribution is -0.145. The molecule has 0 saturated heterocycles. The van der Waals surface area contributed by atoms with Crippen LogP contribution >= 0.6 is 24.4 Å². The van der Waals surface area contributed by atoms with Crippen molar-refractivity contribution in [3.8, 4) is 0 Å². The van der Waals surface area contributed by atoms with Crippen molar-refractivity contribution in [3.05, 3.63) is 0 Å². The molecule has 31 heavy (non-hydrogen) atoms. The van der Waals surface area contributed by atoms with E-state index in [1.807, 2.05) is 6.26 Å². The summed E-state index contributed by atoms with van der Waals surface area (Å²) in [6.45, 7) is 1.64. The lowest BCUT2D eigenvalue weighted by atomic mass is 10.1. The van der Waals surface area contributed by atoms with Gasteiger partial charge in [0.25, 0.3) is 0 Å². The SMILES string of the molecule is CSCCC(N)C(=O)NC(CCCCN)C(=O)NC(CS)C(=O)NC(C(=O)O)C(C)O. The molecule has 0 radical (unpaired) electrons. The Hall–Kier alpha value is -1.54. The summed E-state index contributed by atoms with van der Waals surface area (Å²) in [5.41, 5.74) is 11.4. The summed E-state index contributed by atoms with van der Waals surface area (Å²) in [6.07, 6.45) is 2.49. The Morgan fingerprint density at radius 2 is 1.58 bits per heavy atom. The van der Waals surface area contributed by atoms with Crippen LogP contribution in [0.15, 0.2) is 0 Å². The second-order valence-corrected chi connectivity index (χ2v) is 8.39. The van der Waals surface area contributed by atoms with Crippen molar-refractivity contribution in [2.75, 3.05) is 24.3 Å². The van der Waals surface area contributed by atoms with Crippen molar-refractivity contribution in [1.82, 2.24) is 16.0 Å². The number of thiol groups is 1. The predicted molar refractivity (Wildman–Crippen MR) is 123 cm³/mol. The van der Waals surface area contributed by atoms with Crippen molar-refractivity contribution in [3.63, 3.8) is 0 Å². The Balaban J connectivity index is 5.18. The minimum absolute atomic E-state index is 0.125. The highest BCUT2D eigenvalue weighted by atomic mass is 32.2. The van der Waals surface area contributed by atoms with Gasteiger partial charge in [-0.2, -0.15) is 24.4 Å². The van der Waals surface area contributed by atoms with Crippen LogP contribution in [0.1, 0.15) is 32.6 Å². The number of nitrogens with two attached hydrogens (primary N) is 2. The fourth-order valence-electron chi connectivity index (χ4n) is 2.53. The van der Waals surface area contributed by atoms with E-state index in [4.69, 9.17) is 16.6 Å². The van der Waals surface area contributed by atoms with E-state index in [1.54, 1.807) is 11.8 Å². The zero-order valence-corrected chi connectivity index (χ0v) is 19.6. The van der Waals surface area contributed by atoms with Gasteiger partial charge in [-0.1, -0.05) is 0 Å². The van der Waals surface area contributed by atoms with Crippen molar-refractivity contribution in [2.24, 2.45) is 11.5 Å². The molecule has 0 aliphatic carbocycles. The number of amides is 3. The fourth-order valence-corrected chi connectivity index (χ4v) is 3.27. The van der Waals surface area contributed by atoms with Crippen LogP contribution in [0.4, 0.5) is 0 Å². The molecule has 0 rings (SSSR count). The van der Waals surface area contributed by atoms with Gasteiger partial charge in [0.2, 0.25) is 17.7 Å². The third kappa shape index (κ3) is 11.6. The summed E-state index contributed by atoms with van der Waals surface area (Å²) in [4.78, 5) is 48.7. The first kappa shape index (κ1) is 29.5. The second kappa shape index (κ2) is 16.1. The van der Waals surface area contributed by atoms with E-state index in [9.17, 15) is 24.3 Å². The second-order valence-electron chi connectivity index (χ2n) is 7.04. The maximum Gasteiger partial charge on any atom is 0.328 e. The molecule has 0 saturated carbocycles. The number of unbranched alkanes of at least 4 members (excludes halogenated alkanes) is 1. The molecule has 0 aliphatic rings. The molecule has 0 aliphatic heterocycles. The average molecular weight is 482 g/mol. The molecule has 180 valence electrons. The molecule has 0 heterocycles. The summed E-state index contributed by atoms with van der Waals surface area (Å²) in [5, 5.41) is 25.9. The number of carbonyl (C=O) groups is 4. The minimum Gasteiger partial charge on any atom is -0.480 e. The van der Waals surface area contributed by atoms with Gasteiger partial charge in [0.1, 0.15) is 12.1 Å². The molecule has 5 unspecified atom stereocenters. The Morgan fingerprint density at radius 3 is 2.06 bits per heavy atom. The van der Waals surface area contributed by atoms with Crippen LogP contribution in [0.3, 0.4) is 0 Å². The number of hydrogen-bond donors (Lipinski definition) is 8. The van der Waals surface area contributed by atoms with E-state index >= 15 is 0 Å². The molecule has 3 amide bonds. The normalized spacial score (nSPS) is 15.8. The lowest BCUT2D eigenvalue weighted by Crippen LogP contribution is -2.58. The molecule has 0 aromatic rings. The molecule has 5 atom stereocenters. The van der Waals surface area contributed by atoms with Crippen LogP contribution < -0.4 is 27.4 Å². The van der Waals surface area contributed by atoms with Crippen molar-refractivity contribution in [2.45, 2.75) is 62.9 Å². The molecule has 0 spiro atoms. The van der Waals surface area contributed by atoms with Gasteiger partial charge in [0, 0.05) is 5.75 Å². The summed E-state index contributed by atoms with van der Waals surface area (Å²) < 4.78 is 0. The summed E-state index contributed by atoms with van der Waals surface area (Å²) >= 11 is 5.59. The minimum atomic E-state index is -1.54. The first-order valence-corrected chi connectivity index (χ1v) is 12.0. The van der Waals surface area contributed by atoms with E-state index in [2.05, 4.69) is 28.6 Å². The first-order valence-electron chi connectivity index (χ1n) is 9.96. The number of carbonyl (C=O) groups excluding carboxylic acids is 3. The average Bonchev–Trinajstić information content (AvgIpc) is 2.72. The molecule has 0 fully saturated rings. The van der Waals surface area contributed by atoms with Crippen molar-refractivity contribution < 1.29 is 29.4 Å². The number of aliphatic hydroxyl groups excluding tert-OH is 1. The summed E-state index contributed by atoms with van der Waals surface area (Å²) in [5.74, 6) is -2.77. The van der Waals surface area contributed by atoms with Gasteiger partial charge in [-0.3, -0.25) is 14.4 Å². The third-order valence-corrected chi connectivity index (χ3v) is 5.42. The predicted octanol–water partition coefficient (Wildman–Crippen LogP) is -1.95. The van der Waals surface area contributed by atoms with Crippen molar-refractivity contribution in [1.29, 1.82) is 0 Å². The number of carboxylic acids is 1. The molecule has 0 aromatic heterocycles. The molecule has 11 nitrogen and oxygen atoms in total. The van der Waals surface area contributed by atoms with Crippen molar-refractivity contribution >= 4 is 48.1 Å². The van der Waals surface area contributed by atoms with Gasteiger partial charge in [0.15, 0.2) is 6.04 Å². The monoisotopic (exact) mass is 481 g/mol. The van der Waals surface area contributed by atoms with E-state index in [-0.39, 0.29) is 12.2 Å². The zero-order valence-electron chi connectivity index (χ0n) is 17.9. The van der Waals surface area contributed by atoms with Gasteiger partial charge in [0.05, 0.1) is 12.1 Å². The van der Waals surface area contributed by atoms with Crippen LogP contribution in [-0.4, -0.2) is 88.5 Å². The quantitative estimate of drug-likeness (QED) is 0.0911. The third-order valence-electron chi connectivity index (χ3n) is 4.41. The topological polar surface area (TPSA) is 197 Å². The Labute approximate surface area is 192 Å². The van der Waals surface area contributed by atoms with Crippen LogP contribution in [0.25, 0.3) is 0 Å². The highest BCUT2D eigenvalue weighted by molar-refractivity contribution is 7.98. The Bertz CT molecular complexity index is 596. The highest BCUT2D eigenvalue weighted by Crippen LogP contribution is 2.05. The number of aliphatic hydroxyl groups is 1. The smallest absolute Gasteiger partial charge is 0.328 e. The van der Waals surface area contributed by atoms with Crippen LogP contribution in [-0.2, 0) is 19.2 Å². The van der Waals surface area contributed by atoms with Gasteiger partial charge in [-0.15, -0.1) is 0 Å².